The Morgan fingerprint density at radius 2 is 1.75 bits per heavy atom. The van der Waals surface area contributed by atoms with Crippen molar-refractivity contribution >= 4 is 60.5 Å². The molecular formula is C36H46BrFN10O3S. The molecule has 0 bridgehead atoms. The number of para-hydroxylation sites is 2. The number of benzene rings is 2. The van der Waals surface area contributed by atoms with Crippen molar-refractivity contribution in [3.63, 3.8) is 0 Å². The third-order valence-electron chi connectivity index (χ3n) is 10.3. The van der Waals surface area contributed by atoms with Gasteiger partial charge in [-0.05, 0) is 59.8 Å². The van der Waals surface area contributed by atoms with Crippen LogP contribution in [0.1, 0.15) is 25.7 Å². The summed E-state index contributed by atoms with van der Waals surface area (Å²) in [6, 6.07) is 11.9. The van der Waals surface area contributed by atoms with Crippen LogP contribution in [0.4, 0.5) is 38.9 Å². The highest BCUT2D eigenvalue weighted by atomic mass is 79.9. The van der Waals surface area contributed by atoms with Gasteiger partial charge in [0, 0.05) is 101 Å². The van der Waals surface area contributed by atoms with Crippen LogP contribution in [-0.2, 0) is 17.1 Å². The number of aromatic nitrogens is 4. The minimum Gasteiger partial charge on any atom is -0.494 e. The van der Waals surface area contributed by atoms with E-state index in [0.717, 1.165) is 68.9 Å². The summed E-state index contributed by atoms with van der Waals surface area (Å²) in [5, 5.41) is 10.8. The van der Waals surface area contributed by atoms with E-state index in [4.69, 9.17) is 9.72 Å². The highest BCUT2D eigenvalue weighted by Crippen LogP contribution is 2.42. The molecule has 2 aromatic heterocycles. The average Bonchev–Trinajstić information content (AvgIpc) is 3.94. The van der Waals surface area contributed by atoms with Crippen molar-refractivity contribution in [3.05, 3.63) is 59.5 Å². The summed E-state index contributed by atoms with van der Waals surface area (Å²) in [6.07, 6.45) is 8.99. The molecular weight excluding hydrogens is 751 g/mol. The van der Waals surface area contributed by atoms with Gasteiger partial charge in [0.2, 0.25) is 16.0 Å². The molecule has 2 N–H and O–H groups in total. The van der Waals surface area contributed by atoms with Crippen LogP contribution in [0.3, 0.4) is 0 Å². The Morgan fingerprint density at radius 3 is 2.42 bits per heavy atom. The minimum atomic E-state index is -3.45. The van der Waals surface area contributed by atoms with E-state index in [2.05, 4.69) is 63.5 Å². The zero-order valence-corrected chi connectivity index (χ0v) is 32.2. The lowest BCUT2D eigenvalue weighted by Crippen LogP contribution is -2.53. The van der Waals surface area contributed by atoms with Gasteiger partial charge < -0.3 is 20.3 Å². The zero-order chi connectivity index (χ0) is 36.4. The van der Waals surface area contributed by atoms with Gasteiger partial charge in [-0.3, -0.25) is 18.8 Å². The molecule has 52 heavy (non-hydrogen) atoms. The van der Waals surface area contributed by atoms with Gasteiger partial charge in [0.25, 0.3) is 0 Å². The molecule has 0 radical (unpaired) electrons. The number of hydrogen-bond donors (Lipinski definition) is 2. The van der Waals surface area contributed by atoms with Gasteiger partial charge in [-0.15, -0.1) is 0 Å². The topological polar surface area (TPSA) is 124 Å². The minimum absolute atomic E-state index is 0.285. The molecule has 4 heterocycles. The lowest BCUT2D eigenvalue weighted by Gasteiger charge is -2.43. The lowest BCUT2D eigenvalue weighted by molar-refractivity contribution is 0.0816. The van der Waals surface area contributed by atoms with Crippen molar-refractivity contribution in [2.24, 2.45) is 7.05 Å². The summed E-state index contributed by atoms with van der Waals surface area (Å²) in [5.74, 6) is 1.45. The second-order valence-electron chi connectivity index (χ2n) is 13.6. The fourth-order valence-corrected chi connectivity index (χ4v) is 9.08. The smallest absolute Gasteiger partial charge is 0.237 e. The molecule has 2 aliphatic heterocycles. The number of nitrogens with one attached hydrogen (secondary N) is 2. The van der Waals surface area contributed by atoms with Crippen molar-refractivity contribution in [3.8, 4) is 16.9 Å². The number of ether oxygens (including phenoxy) is 1. The highest BCUT2D eigenvalue weighted by Gasteiger charge is 2.39. The van der Waals surface area contributed by atoms with Crippen molar-refractivity contribution < 1.29 is 17.5 Å². The maximum absolute atomic E-state index is 13.1. The van der Waals surface area contributed by atoms with E-state index < -0.39 is 10.0 Å². The zero-order valence-electron chi connectivity index (χ0n) is 29.8. The van der Waals surface area contributed by atoms with Crippen LogP contribution in [0.25, 0.3) is 11.1 Å². The molecule has 1 aliphatic carbocycles. The molecule has 4 aromatic rings. The number of nitrogens with zero attached hydrogens (tertiary/aromatic N) is 8. The Labute approximate surface area is 313 Å². The summed E-state index contributed by atoms with van der Waals surface area (Å²) in [6.45, 7) is 5.88. The van der Waals surface area contributed by atoms with E-state index in [1.807, 2.05) is 37.6 Å². The van der Waals surface area contributed by atoms with Crippen LogP contribution in [0.2, 0.25) is 0 Å². The Morgan fingerprint density at radius 1 is 1.00 bits per heavy atom. The van der Waals surface area contributed by atoms with Crippen LogP contribution in [0.15, 0.2) is 59.5 Å². The summed E-state index contributed by atoms with van der Waals surface area (Å²) in [5.41, 5.74) is 4.89. The Balaban J connectivity index is 1.12. The quantitative estimate of drug-likeness (QED) is 0.175. The second kappa shape index (κ2) is 15.5. The van der Waals surface area contributed by atoms with E-state index in [9.17, 15) is 12.8 Å². The largest absolute Gasteiger partial charge is 0.494 e. The monoisotopic (exact) mass is 796 g/mol. The molecule has 278 valence electrons. The summed E-state index contributed by atoms with van der Waals surface area (Å²) >= 11 is 3.57. The van der Waals surface area contributed by atoms with Crippen LogP contribution in [0.5, 0.6) is 5.75 Å². The van der Waals surface area contributed by atoms with E-state index >= 15 is 0 Å². The Hall–Kier alpha value is -3.99. The van der Waals surface area contributed by atoms with E-state index in [1.54, 1.807) is 31.1 Å². The molecule has 16 heteroatoms. The SMILES string of the molecule is COc1cc(N2CCC(N3CCN(CCF)CC3)CC2)c(-c2cnn(C)c2)cc1Nc1ncc(Br)c(Nc2ccccc2N(C)S(=O)(=O)C2CC2)n1. The first-order valence-electron chi connectivity index (χ1n) is 17.8. The molecule has 0 atom stereocenters. The number of methoxy groups -OCH3 is 1. The van der Waals surface area contributed by atoms with Crippen molar-refractivity contribution in [2.75, 3.05) is 86.5 Å². The number of sulfonamides is 1. The predicted molar refractivity (Wildman–Crippen MR) is 208 cm³/mol. The fourth-order valence-electron chi connectivity index (χ4n) is 7.18. The normalized spacial score (nSPS) is 17.7. The first kappa shape index (κ1) is 36.4. The molecule has 0 unspecified atom stereocenters. The number of piperidine rings is 1. The van der Waals surface area contributed by atoms with Gasteiger partial charge in [0.1, 0.15) is 18.2 Å². The molecule has 0 spiro atoms. The standard InChI is InChI=1S/C36H46BrFN10O3S/c1-44-24-25(22-40-44)28-20-31(34(51-3)21-33(28)48-13-10-26(11-14-48)47-18-16-46(15-12-38)17-19-47)42-36-39-23-29(37)35(43-36)41-30-6-4-5-7-32(30)45(2)52(49,50)27-8-9-27/h4-7,20-24,26-27H,8-19H2,1-3H3,(H2,39,41,42,43). The number of hydrogen-bond acceptors (Lipinski definition) is 11. The Bertz CT molecular complexity index is 1980. The first-order chi connectivity index (χ1) is 25.1. The van der Waals surface area contributed by atoms with Crippen molar-refractivity contribution in [1.82, 2.24) is 29.5 Å². The molecule has 2 aromatic carbocycles. The lowest BCUT2D eigenvalue weighted by atomic mass is 9.98. The maximum atomic E-state index is 13.1. The number of rotatable bonds is 13. The molecule has 0 amide bonds. The first-order valence-corrected chi connectivity index (χ1v) is 20.1. The molecule has 2 saturated heterocycles. The van der Waals surface area contributed by atoms with E-state index in [-0.39, 0.29) is 11.9 Å². The van der Waals surface area contributed by atoms with Crippen LogP contribution < -0.4 is 24.6 Å². The Kier molecular flexibility index (Phi) is 10.9. The molecule has 3 aliphatic rings. The van der Waals surface area contributed by atoms with Crippen LogP contribution >= 0.6 is 15.9 Å². The third-order valence-corrected chi connectivity index (χ3v) is 13.1. The second-order valence-corrected chi connectivity index (χ2v) is 16.7. The summed E-state index contributed by atoms with van der Waals surface area (Å²) in [7, 11) is 1.70. The molecule has 13 nitrogen and oxygen atoms in total. The van der Waals surface area contributed by atoms with Gasteiger partial charge >= 0.3 is 0 Å². The van der Waals surface area contributed by atoms with Crippen molar-refractivity contribution in [1.29, 1.82) is 0 Å². The van der Waals surface area contributed by atoms with Gasteiger partial charge in [-0.25, -0.2) is 17.8 Å². The number of piperazine rings is 1. The fraction of sp³-hybridized carbons (Fsp3) is 0.472. The van der Waals surface area contributed by atoms with Gasteiger partial charge in [-0.1, -0.05) is 12.1 Å². The number of alkyl halides is 1. The van der Waals surface area contributed by atoms with Gasteiger partial charge in [0.15, 0.2) is 0 Å². The predicted octanol–water partition coefficient (Wildman–Crippen LogP) is 5.62. The van der Waals surface area contributed by atoms with Gasteiger partial charge in [0.05, 0.1) is 40.1 Å². The maximum Gasteiger partial charge on any atom is 0.237 e. The number of aryl methyl sites for hydroxylation is 1. The highest BCUT2D eigenvalue weighted by molar-refractivity contribution is 9.10. The van der Waals surface area contributed by atoms with Crippen molar-refractivity contribution in [2.45, 2.75) is 37.0 Å². The van der Waals surface area contributed by atoms with Gasteiger partial charge in [-0.2, -0.15) is 10.1 Å². The van der Waals surface area contributed by atoms with Crippen LogP contribution in [0, 0.1) is 0 Å². The number of halogens is 2. The summed E-state index contributed by atoms with van der Waals surface area (Å²) < 4.78 is 48.7. The third kappa shape index (κ3) is 7.84. The summed E-state index contributed by atoms with van der Waals surface area (Å²) in [4.78, 5) is 16.5. The number of anilines is 6. The van der Waals surface area contributed by atoms with Crippen LogP contribution in [-0.4, -0.2) is 116 Å². The molecule has 1 saturated carbocycles. The average molecular weight is 798 g/mol. The van der Waals surface area contributed by atoms with E-state index in [0.29, 0.717) is 64.5 Å². The van der Waals surface area contributed by atoms with E-state index in [1.165, 1.54) is 4.31 Å². The molecule has 7 rings (SSSR count). The molecule has 3 fully saturated rings.